The van der Waals surface area contributed by atoms with Crippen LogP contribution in [0, 0.1) is 0 Å². The van der Waals surface area contributed by atoms with E-state index in [1.165, 1.54) is 5.56 Å². The van der Waals surface area contributed by atoms with Gasteiger partial charge < -0.3 is 15.2 Å². The summed E-state index contributed by atoms with van der Waals surface area (Å²) < 4.78 is 10.8. The molecule has 1 saturated heterocycles. The number of nitrogens with two attached hydrogens (primary N) is 1. The fraction of sp³-hybridized carbons (Fsp3) is 0.368. The van der Waals surface area contributed by atoms with Crippen molar-refractivity contribution in [1.82, 2.24) is 4.90 Å². The summed E-state index contributed by atoms with van der Waals surface area (Å²) >= 11 is 0. The predicted molar refractivity (Wildman–Crippen MR) is 99.2 cm³/mol. The molecule has 0 aromatic heterocycles. The van der Waals surface area contributed by atoms with Crippen LogP contribution in [0.2, 0.25) is 0 Å². The lowest BCUT2D eigenvalue weighted by molar-refractivity contribution is 0.313. The van der Waals surface area contributed by atoms with Gasteiger partial charge in [-0.25, -0.2) is 0 Å². The Morgan fingerprint density at radius 3 is 2.46 bits per heavy atom. The highest BCUT2D eigenvalue weighted by molar-refractivity contribution is 5.85. The molecule has 0 bridgehead atoms. The average molecular weight is 349 g/mol. The molecule has 130 valence electrons. The first-order chi connectivity index (χ1) is 11.2. The van der Waals surface area contributed by atoms with E-state index in [0.29, 0.717) is 5.92 Å². The average Bonchev–Trinajstić information content (AvgIpc) is 2.96. The molecule has 0 aliphatic carbocycles. The highest BCUT2D eigenvalue weighted by Gasteiger charge is 2.31. The largest absolute Gasteiger partial charge is 0.497 e. The van der Waals surface area contributed by atoms with E-state index in [0.717, 1.165) is 36.7 Å². The van der Waals surface area contributed by atoms with Gasteiger partial charge in [0.05, 0.1) is 14.2 Å². The van der Waals surface area contributed by atoms with Crippen LogP contribution < -0.4 is 15.2 Å². The number of rotatable bonds is 5. The van der Waals surface area contributed by atoms with Crippen LogP contribution in [0.5, 0.6) is 11.5 Å². The maximum atomic E-state index is 6.38. The van der Waals surface area contributed by atoms with Crippen LogP contribution in [-0.2, 0) is 6.54 Å². The number of methoxy groups -OCH3 is 2. The quantitative estimate of drug-likeness (QED) is 0.902. The Kier molecular flexibility index (Phi) is 6.49. The van der Waals surface area contributed by atoms with Crippen molar-refractivity contribution in [2.45, 2.75) is 18.5 Å². The molecule has 2 atom stereocenters. The minimum atomic E-state index is 0. The van der Waals surface area contributed by atoms with Crippen molar-refractivity contribution >= 4 is 12.4 Å². The zero-order chi connectivity index (χ0) is 16.2. The molecule has 1 aliphatic rings. The van der Waals surface area contributed by atoms with Crippen molar-refractivity contribution in [1.29, 1.82) is 0 Å². The van der Waals surface area contributed by atoms with Gasteiger partial charge in [-0.2, -0.15) is 0 Å². The second kappa shape index (κ2) is 8.38. The van der Waals surface area contributed by atoms with E-state index in [2.05, 4.69) is 35.2 Å². The molecule has 1 heterocycles. The van der Waals surface area contributed by atoms with Gasteiger partial charge in [-0.05, 0) is 11.6 Å². The molecular weight excluding hydrogens is 324 g/mol. The number of halogens is 1. The molecule has 5 heteroatoms. The lowest BCUT2D eigenvalue weighted by Gasteiger charge is -2.18. The molecule has 0 unspecified atom stereocenters. The van der Waals surface area contributed by atoms with Crippen LogP contribution in [0.3, 0.4) is 0 Å². The Bertz CT molecular complexity index is 651. The van der Waals surface area contributed by atoms with Crippen molar-refractivity contribution in [2.75, 3.05) is 27.3 Å². The SMILES string of the molecule is COc1ccc(CN2C[C@@H](N)[C@H](c3ccccc3)C2)c(OC)c1.Cl. The van der Waals surface area contributed by atoms with Crippen LogP contribution in [0.25, 0.3) is 0 Å². The summed E-state index contributed by atoms with van der Waals surface area (Å²) in [6.07, 6.45) is 0. The van der Waals surface area contributed by atoms with Crippen LogP contribution in [0.4, 0.5) is 0 Å². The molecule has 1 aliphatic heterocycles. The second-order valence-electron chi connectivity index (χ2n) is 6.05. The van der Waals surface area contributed by atoms with E-state index in [4.69, 9.17) is 15.2 Å². The van der Waals surface area contributed by atoms with Gasteiger partial charge in [0, 0.05) is 43.2 Å². The number of hydrogen-bond acceptors (Lipinski definition) is 4. The van der Waals surface area contributed by atoms with Crippen LogP contribution in [0.15, 0.2) is 48.5 Å². The van der Waals surface area contributed by atoms with E-state index in [1.807, 2.05) is 18.2 Å². The fourth-order valence-corrected chi connectivity index (χ4v) is 3.32. The summed E-state index contributed by atoms with van der Waals surface area (Å²) in [6.45, 7) is 2.71. The predicted octanol–water partition coefficient (Wildman–Crippen LogP) is 3.05. The van der Waals surface area contributed by atoms with E-state index < -0.39 is 0 Å². The number of benzene rings is 2. The topological polar surface area (TPSA) is 47.7 Å². The van der Waals surface area contributed by atoms with E-state index in [-0.39, 0.29) is 18.4 Å². The van der Waals surface area contributed by atoms with Gasteiger partial charge in [-0.15, -0.1) is 12.4 Å². The molecule has 24 heavy (non-hydrogen) atoms. The number of ether oxygens (including phenoxy) is 2. The Hall–Kier alpha value is -1.75. The van der Waals surface area contributed by atoms with Crippen LogP contribution in [0.1, 0.15) is 17.0 Å². The first-order valence-corrected chi connectivity index (χ1v) is 7.95. The van der Waals surface area contributed by atoms with Gasteiger partial charge >= 0.3 is 0 Å². The molecule has 0 saturated carbocycles. The molecular formula is C19H25ClN2O2. The minimum absolute atomic E-state index is 0. The second-order valence-corrected chi connectivity index (χ2v) is 6.05. The maximum Gasteiger partial charge on any atom is 0.127 e. The van der Waals surface area contributed by atoms with Crippen LogP contribution >= 0.6 is 12.4 Å². The fourth-order valence-electron chi connectivity index (χ4n) is 3.32. The first kappa shape index (κ1) is 18.6. The highest BCUT2D eigenvalue weighted by Crippen LogP contribution is 2.30. The third kappa shape index (κ3) is 4.01. The van der Waals surface area contributed by atoms with E-state index in [9.17, 15) is 0 Å². The molecule has 0 amide bonds. The Morgan fingerprint density at radius 1 is 1.04 bits per heavy atom. The van der Waals surface area contributed by atoms with Crippen molar-refractivity contribution in [2.24, 2.45) is 5.73 Å². The van der Waals surface area contributed by atoms with E-state index >= 15 is 0 Å². The van der Waals surface area contributed by atoms with Gasteiger partial charge in [0.1, 0.15) is 11.5 Å². The molecule has 3 rings (SSSR count). The summed E-state index contributed by atoms with van der Waals surface area (Å²) in [4.78, 5) is 2.40. The van der Waals surface area contributed by atoms with E-state index in [1.54, 1.807) is 14.2 Å². The van der Waals surface area contributed by atoms with Crippen molar-refractivity contribution in [3.05, 3.63) is 59.7 Å². The number of nitrogens with zero attached hydrogens (tertiary/aromatic N) is 1. The van der Waals surface area contributed by atoms with Crippen molar-refractivity contribution in [3.8, 4) is 11.5 Å². The molecule has 1 fully saturated rings. The summed E-state index contributed by atoms with van der Waals surface area (Å²) in [5, 5.41) is 0. The van der Waals surface area contributed by atoms with Crippen LogP contribution in [-0.4, -0.2) is 38.3 Å². The molecule has 2 N–H and O–H groups in total. The normalized spacial score (nSPS) is 20.5. The molecule has 2 aromatic carbocycles. The monoisotopic (exact) mass is 348 g/mol. The Labute approximate surface area is 150 Å². The first-order valence-electron chi connectivity index (χ1n) is 7.95. The lowest BCUT2D eigenvalue weighted by atomic mass is 9.95. The van der Waals surface area contributed by atoms with Crippen molar-refractivity contribution < 1.29 is 9.47 Å². The molecule has 0 spiro atoms. The number of hydrogen-bond donors (Lipinski definition) is 1. The third-order valence-corrected chi connectivity index (χ3v) is 4.56. The maximum absolute atomic E-state index is 6.38. The third-order valence-electron chi connectivity index (χ3n) is 4.56. The summed E-state index contributed by atoms with van der Waals surface area (Å²) in [7, 11) is 3.36. The van der Waals surface area contributed by atoms with Gasteiger partial charge in [0.15, 0.2) is 0 Å². The smallest absolute Gasteiger partial charge is 0.127 e. The van der Waals surface area contributed by atoms with Gasteiger partial charge in [0.25, 0.3) is 0 Å². The molecule has 2 aromatic rings. The number of likely N-dealkylation sites (tertiary alicyclic amines) is 1. The van der Waals surface area contributed by atoms with Gasteiger partial charge in [0.2, 0.25) is 0 Å². The van der Waals surface area contributed by atoms with Crippen molar-refractivity contribution in [3.63, 3.8) is 0 Å². The zero-order valence-electron chi connectivity index (χ0n) is 14.1. The van der Waals surface area contributed by atoms with Gasteiger partial charge in [-0.1, -0.05) is 36.4 Å². The Balaban J connectivity index is 0.00000208. The summed E-state index contributed by atoms with van der Waals surface area (Å²) in [6, 6.07) is 16.7. The molecule has 0 radical (unpaired) electrons. The summed E-state index contributed by atoms with van der Waals surface area (Å²) in [5.41, 5.74) is 8.86. The summed E-state index contributed by atoms with van der Waals surface area (Å²) in [5.74, 6) is 2.06. The Morgan fingerprint density at radius 2 is 1.79 bits per heavy atom. The zero-order valence-corrected chi connectivity index (χ0v) is 15.0. The lowest BCUT2D eigenvalue weighted by Crippen LogP contribution is -2.28. The minimum Gasteiger partial charge on any atom is -0.497 e. The molecule has 4 nitrogen and oxygen atoms in total. The standard InChI is InChI=1S/C19H24N2O2.ClH/c1-22-16-9-8-15(19(10-16)23-2)11-21-12-17(18(20)13-21)14-6-4-3-5-7-14;/h3-10,17-18H,11-13,20H2,1-2H3;1H/t17-,18+;/m0./s1. The highest BCUT2D eigenvalue weighted by atomic mass is 35.5. The van der Waals surface area contributed by atoms with Gasteiger partial charge in [-0.3, -0.25) is 4.90 Å².